The van der Waals surface area contributed by atoms with Crippen molar-refractivity contribution in [1.29, 1.82) is 0 Å². The molecule has 0 fully saturated rings. The van der Waals surface area contributed by atoms with Gasteiger partial charge in [-0.15, -0.1) is 0 Å². The van der Waals surface area contributed by atoms with Gasteiger partial charge in [0.15, 0.2) is 0 Å². The topological polar surface area (TPSA) is 67.2 Å². The highest BCUT2D eigenvalue weighted by Gasteiger charge is 2.17. The lowest BCUT2D eigenvalue weighted by molar-refractivity contribution is -0.115. The Labute approximate surface area is 115 Å². The van der Waals surface area contributed by atoms with E-state index in [2.05, 4.69) is 20.3 Å². The van der Waals surface area contributed by atoms with Gasteiger partial charge in [-0.1, -0.05) is 11.2 Å². The van der Waals surface area contributed by atoms with Crippen LogP contribution in [0.25, 0.3) is 0 Å². The van der Waals surface area contributed by atoms with E-state index in [0.29, 0.717) is 24.2 Å². The molecular formula is C14H14FN3O2. The fourth-order valence-corrected chi connectivity index (χ4v) is 2.32. The van der Waals surface area contributed by atoms with Crippen molar-refractivity contribution in [2.75, 3.05) is 11.9 Å². The van der Waals surface area contributed by atoms with Gasteiger partial charge < -0.3 is 15.2 Å². The van der Waals surface area contributed by atoms with Crippen LogP contribution in [0.3, 0.4) is 0 Å². The third-order valence-electron chi connectivity index (χ3n) is 3.31. The van der Waals surface area contributed by atoms with Gasteiger partial charge in [0.25, 0.3) is 0 Å². The highest BCUT2D eigenvalue weighted by molar-refractivity contribution is 5.92. The summed E-state index contributed by atoms with van der Waals surface area (Å²) < 4.78 is 19.0. The molecule has 0 spiro atoms. The van der Waals surface area contributed by atoms with Gasteiger partial charge in [-0.25, -0.2) is 4.39 Å². The van der Waals surface area contributed by atoms with E-state index in [1.807, 2.05) is 6.07 Å². The molecule has 0 saturated carbocycles. The summed E-state index contributed by atoms with van der Waals surface area (Å²) in [6, 6.07) is 5.05. The van der Waals surface area contributed by atoms with Crippen molar-refractivity contribution in [2.24, 2.45) is 0 Å². The Morgan fingerprint density at radius 2 is 2.35 bits per heavy atom. The van der Waals surface area contributed by atoms with E-state index in [4.69, 9.17) is 0 Å². The Morgan fingerprint density at radius 3 is 3.15 bits per heavy atom. The highest BCUT2D eigenvalue weighted by Crippen LogP contribution is 2.24. The molecule has 1 aromatic heterocycles. The number of halogens is 1. The normalized spacial score (nSPS) is 13.8. The van der Waals surface area contributed by atoms with Gasteiger partial charge in [-0.2, -0.15) is 0 Å². The van der Waals surface area contributed by atoms with Crippen LogP contribution in [0.1, 0.15) is 16.8 Å². The molecule has 0 bridgehead atoms. The SMILES string of the molecule is O=C(Cc1ccon1)Nc1ccc2c(c1F)CCNC2. The maximum absolute atomic E-state index is 14.3. The Morgan fingerprint density at radius 1 is 1.45 bits per heavy atom. The lowest BCUT2D eigenvalue weighted by Crippen LogP contribution is -2.25. The summed E-state index contributed by atoms with van der Waals surface area (Å²) in [5.74, 6) is -0.649. The minimum Gasteiger partial charge on any atom is -0.364 e. The molecule has 20 heavy (non-hydrogen) atoms. The second-order valence-corrected chi connectivity index (χ2v) is 4.71. The number of nitrogens with zero attached hydrogens (tertiary/aromatic N) is 1. The molecule has 0 radical (unpaired) electrons. The standard InChI is InChI=1S/C14H14FN3O2/c15-14-11-3-5-16-8-9(11)1-2-12(14)17-13(19)7-10-4-6-20-18-10/h1-2,4,6,16H,3,5,7-8H2,(H,17,19). The average Bonchev–Trinajstić information content (AvgIpc) is 2.95. The lowest BCUT2D eigenvalue weighted by Gasteiger charge is -2.19. The first-order valence-electron chi connectivity index (χ1n) is 6.44. The zero-order valence-electron chi connectivity index (χ0n) is 10.8. The molecule has 104 valence electrons. The summed E-state index contributed by atoms with van der Waals surface area (Å²) in [4.78, 5) is 11.8. The number of aromatic nitrogens is 1. The molecule has 2 N–H and O–H groups in total. The number of fused-ring (bicyclic) bond motifs is 1. The summed E-state index contributed by atoms with van der Waals surface area (Å²) in [6.45, 7) is 1.42. The molecular weight excluding hydrogens is 261 g/mol. The third kappa shape index (κ3) is 2.55. The summed E-state index contributed by atoms with van der Waals surface area (Å²) in [5.41, 5.74) is 2.37. The Hall–Kier alpha value is -2.21. The largest absolute Gasteiger partial charge is 0.364 e. The first-order valence-corrected chi connectivity index (χ1v) is 6.44. The molecule has 0 atom stereocenters. The maximum atomic E-state index is 14.3. The van der Waals surface area contributed by atoms with Gasteiger partial charge in [0.2, 0.25) is 5.91 Å². The molecule has 5 nitrogen and oxygen atoms in total. The van der Waals surface area contributed by atoms with Crippen molar-refractivity contribution in [1.82, 2.24) is 10.5 Å². The highest BCUT2D eigenvalue weighted by atomic mass is 19.1. The minimum atomic E-state index is -0.336. The van der Waals surface area contributed by atoms with Gasteiger partial charge in [0.05, 0.1) is 17.8 Å². The van der Waals surface area contributed by atoms with Gasteiger partial charge >= 0.3 is 0 Å². The lowest BCUT2D eigenvalue weighted by atomic mass is 9.99. The van der Waals surface area contributed by atoms with Crippen molar-refractivity contribution in [3.05, 3.63) is 47.1 Å². The van der Waals surface area contributed by atoms with Crippen LogP contribution in [0, 0.1) is 5.82 Å². The van der Waals surface area contributed by atoms with Gasteiger partial charge in [-0.3, -0.25) is 4.79 Å². The summed E-state index contributed by atoms with van der Waals surface area (Å²) in [7, 11) is 0. The predicted molar refractivity (Wildman–Crippen MR) is 70.6 cm³/mol. The van der Waals surface area contributed by atoms with Crippen LogP contribution in [0.2, 0.25) is 0 Å². The molecule has 1 amide bonds. The number of benzene rings is 1. The predicted octanol–water partition coefficient (Wildman–Crippen LogP) is 1.64. The second kappa shape index (κ2) is 5.42. The van der Waals surface area contributed by atoms with Gasteiger partial charge in [0, 0.05) is 12.6 Å². The number of hydrogen-bond acceptors (Lipinski definition) is 4. The Bertz CT molecular complexity index is 626. The number of carbonyl (C=O) groups excluding carboxylic acids is 1. The maximum Gasteiger partial charge on any atom is 0.230 e. The number of carbonyl (C=O) groups is 1. The van der Waals surface area contributed by atoms with Crippen molar-refractivity contribution in [3.63, 3.8) is 0 Å². The molecule has 2 heterocycles. The molecule has 1 aromatic carbocycles. The number of anilines is 1. The molecule has 1 aliphatic heterocycles. The van der Waals surface area contributed by atoms with Crippen LogP contribution >= 0.6 is 0 Å². The van der Waals surface area contributed by atoms with Crippen LogP contribution < -0.4 is 10.6 Å². The number of amides is 1. The van der Waals surface area contributed by atoms with Crippen molar-refractivity contribution in [2.45, 2.75) is 19.4 Å². The zero-order chi connectivity index (χ0) is 13.9. The van der Waals surface area contributed by atoms with Crippen LogP contribution in [-0.4, -0.2) is 17.6 Å². The summed E-state index contributed by atoms with van der Waals surface area (Å²) in [6.07, 6.45) is 2.10. The van der Waals surface area contributed by atoms with Crippen LogP contribution in [0.4, 0.5) is 10.1 Å². The van der Waals surface area contributed by atoms with Gasteiger partial charge in [-0.05, 0) is 30.2 Å². The fraction of sp³-hybridized carbons (Fsp3) is 0.286. The fourth-order valence-electron chi connectivity index (χ4n) is 2.32. The quantitative estimate of drug-likeness (QED) is 0.893. The van der Waals surface area contributed by atoms with Crippen molar-refractivity contribution >= 4 is 11.6 Å². The molecule has 0 unspecified atom stereocenters. The smallest absolute Gasteiger partial charge is 0.230 e. The third-order valence-corrected chi connectivity index (χ3v) is 3.31. The van der Waals surface area contributed by atoms with E-state index < -0.39 is 0 Å². The molecule has 0 saturated heterocycles. The van der Waals surface area contributed by atoms with E-state index in [0.717, 1.165) is 12.1 Å². The molecule has 2 aromatic rings. The van der Waals surface area contributed by atoms with E-state index in [-0.39, 0.29) is 23.8 Å². The molecule has 1 aliphatic rings. The van der Waals surface area contributed by atoms with E-state index in [9.17, 15) is 9.18 Å². The van der Waals surface area contributed by atoms with Crippen LogP contribution in [-0.2, 0) is 24.2 Å². The molecule has 0 aliphatic carbocycles. The van der Waals surface area contributed by atoms with Crippen molar-refractivity contribution in [3.8, 4) is 0 Å². The van der Waals surface area contributed by atoms with Crippen LogP contribution in [0.15, 0.2) is 29.0 Å². The van der Waals surface area contributed by atoms with E-state index in [1.54, 1.807) is 12.1 Å². The summed E-state index contributed by atoms with van der Waals surface area (Å²) >= 11 is 0. The number of nitrogens with one attached hydrogen (secondary N) is 2. The van der Waals surface area contributed by atoms with E-state index in [1.165, 1.54) is 6.26 Å². The number of hydrogen-bond donors (Lipinski definition) is 2. The second-order valence-electron chi connectivity index (χ2n) is 4.71. The monoisotopic (exact) mass is 275 g/mol. The van der Waals surface area contributed by atoms with Gasteiger partial charge in [0.1, 0.15) is 12.1 Å². The Balaban J connectivity index is 1.76. The van der Waals surface area contributed by atoms with Crippen molar-refractivity contribution < 1.29 is 13.7 Å². The number of rotatable bonds is 3. The zero-order valence-corrected chi connectivity index (χ0v) is 10.8. The molecule has 6 heteroatoms. The first-order chi connectivity index (χ1) is 9.74. The molecule has 3 rings (SSSR count). The summed E-state index contributed by atoms with van der Waals surface area (Å²) in [5, 5.41) is 9.42. The minimum absolute atomic E-state index is 0.0641. The Kier molecular flexibility index (Phi) is 3.47. The van der Waals surface area contributed by atoms with E-state index >= 15 is 0 Å². The first kappa shape index (κ1) is 12.8. The average molecular weight is 275 g/mol. The van der Waals surface area contributed by atoms with Crippen LogP contribution in [0.5, 0.6) is 0 Å².